The highest BCUT2D eigenvalue weighted by atomic mass is 19.4. The molecule has 5 rings (SSSR count). The smallest absolute Gasteiger partial charge is 0.411 e. The molecule has 1 saturated heterocycles. The minimum Gasteiger partial charge on any atom is -0.464 e. The maximum Gasteiger partial charge on any atom is 0.411 e. The van der Waals surface area contributed by atoms with E-state index in [9.17, 15) is 32.3 Å². The highest BCUT2D eigenvalue weighted by Crippen LogP contribution is 2.33. The van der Waals surface area contributed by atoms with Gasteiger partial charge in [0.15, 0.2) is 0 Å². The summed E-state index contributed by atoms with van der Waals surface area (Å²) in [7, 11) is 1.54. The molecule has 4 aromatic rings. The number of alkyl halides is 3. The number of aromatic nitrogens is 3. The molecule has 1 amide bonds. The fraction of sp³-hybridized carbons (Fsp3) is 0.364. The molecule has 0 aliphatic carbocycles. The van der Waals surface area contributed by atoms with E-state index in [0.717, 1.165) is 21.1 Å². The third-order valence-electron chi connectivity index (χ3n) is 8.12. The molecule has 0 radical (unpaired) electrons. The van der Waals surface area contributed by atoms with E-state index in [4.69, 9.17) is 9.47 Å². The third kappa shape index (κ3) is 6.81. The van der Waals surface area contributed by atoms with Crippen molar-refractivity contribution in [2.75, 3.05) is 31.3 Å². The highest BCUT2D eigenvalue weighted by Gasteiger charge is 2.45. The molecule has 48 heavy (non-hydrogen) atoms. The van der Waals surface area contributed by atoms with Crippen molar-refractivity contribution in [3.63, 3.8) is 0 Å². The lowest BCUT2D eigenvalue weighted by atomic mass is 10.0. The van der Waals surface area contributed by atoms with Crippen molar-refractivity contribution >= 4 is 28.5 Å². The number of ether oxygens (including phenoxy) is 2. The van der Waals surface area contributed by atoms with Crippen molar-refractivity contribution in [1.82, 2.24) is 19.4 Å². The van der Waals surface area contributed by atoms with Crippen LogP contribution in [0.1, 0.15) is 34.0 Å². The van der Waals surface area contributed by atoms with Gasteiger partial charge in [0.2, 0.25) is 0 Å². The standard InChI is InChI=1S/C33H33F4N5O6/c1-5-48-31(45)24(39-29(43)28-19(3)13-21(15-23(28)34)41-10-11-47-17-26(41)33(35,36)37)14-20-7-9-27(38-16-20)42-30(44)22-12-18(2)6-8-25(22)40(4)32(42)46/h6-9,12-13,15-16,24,26H,5,10-11,14,17H2,1-4H3,(H,39,43)/t24-,26+/m0/s1. The number of carbonyl (C=O) groups excluding carboxylic acids is 2. The molecule has 1 N–H and O–H groups in total. The summed E-state index contributed by atoms with van der Waals surface area (Å²) < 4.78 is 68.6. The minimum atomic E-state index is -4.62. The zero-order valence-corrected chi connectivity index (χ0v) is 26.6. The normalized spacial score (nSPS) is 15.8. The number of amides is 1. The summed E-state index contributed by atoms with van der Waals surface area (Å²) >= 11 is 0. The van der Waals surface area contributed by atoms with Crippen LogP contribution in [0.4, 0.5) is 23.2 Å². The van der Waals surface area contributed by atoms with Gasteiger partial charge in [-0.3, -0.25) is 14.2 Å². The Labute approximate surface area is 271 Å². The summed E-state index contributed by atoms with van der Waals surface area (Å²) in [5.74, 6) is -2.83. The first-order valence-electron chi connectivity index (χ1n) is 15.1. The molecular weight excluding hydrogens is 638 g/mol. The number of esters is 1. The van der Waals surface area contributed by atoms with Crippen LogP contribution >= 0.6 is 0 Å². The summed E-state index contributed by atoms with van der Waals surface area (Å²) in [6, 6.07) is 6.95. The van der Waals surface area contributed by atoms with Crippen LogP contribution in [0.5, 0.6) is 0 Å². The number of hydrogen-bond donors (Lipinski definition) is 1. The van der Waals surface area contributed by atoms with Crippen molar-refractivity contribution in [2.45, 2.75) is 45.5 Å². The number of nitrogens with one attached hydrogen (secondary N) is 1. The van der Waals surface area contributed by atoms with Crippen molar-refractivity contribution in [1.29, 1.82) is 0 Å². The molecule has 11 nitrogen and oxygen atoms in total. The molecule has 15 heteroatoms. The fourth-order valence-electron chi connectivity index (χ4n) is 5.71. The second-order valence-electron chi connectivity index (χ2n) is 11.5. The van der Waals surface area contributed by atoms with Crippen LogP contribution < -0.4 is 21.5 Å². The maximum absolute atomic E-state index is 15.4. The monoisotopic (exact) mass is 671 g/mol. The van der Waals surface area contributed by atoms with Crippen LogP contribution in [0.25, 0.3) is 16.7 Å². The van der Waals surface area contributed by atoms with Gasteiger partial charge in [0.25, 0.3) is 11.5 Å². The SMILES string of the molecule is CCOC(=O)[C@H](Cc1ccc(-n2c(=O)c3cc(C)ccc3n(C)c2=O)nc1)NC(=O)c1c(C)cc(N2CCOC[C@@H]2C(F)(F)F)cc1F. The van der Waals surface area contributed by atoms with Gasteiger partial charge < -0.3 is 19.7 Å². The van der Waals surface area contributed by atoms with Crippen molar-refractivity contribution in [2.24, 2.45) is 7.05 Å². The van der Waals surface area contributed by atoms with E-state index < -0.39 is 59.4 Å². The van der Waals surface area contributed by atoms with Gasteiger partial charge in [-0.1, -0.05) is 17.7 Å². The number of morpholine rings is 1. The predicted molar refractivity (Wildman–Crippen MR) is 168 cm³/mol. The zero-order chi connectivity index (χ0) is 34.9. The van der Waals surface area contributed by atoms with E-state index in [2.05, 4.69) is 10.3 Å². The molecule has 1 aliphatic heterocycles. The molecular formula is C33H33F4N5O6. The third-order valence-corrected chi connectivity index (χ3v) is 8.12. The Kier molecular flexibility index (Phi) is 9.71. The van der Waals surface area contributed by atoms with Crippen LogP contribution in [-0.4, -0.2) is 70.6 Å². The Bertz CT molecular complexity index is 1970. The van der Waals surface area contributed by atoms with Gasteiger partial charge >= 0.3 is 17.8 Å². The predicted octanol–water partition coefficient (Wildman–Crippen LogP) is 3.51. The number of halogens is 4. The van der Waals surface area contributed by atoms with Crippen LogP contribution in [0, 0.1) is 19.7 Å². The minimum absolute atomic E-state index is 0.0158. The van der Waals surface area contributed by atoms with Gasteiger partial charge in [-0.15, -0.1) is 0 Å². The lowest BCUT2D eigenvalue weighted by molar-refractivity contribution is -0.167. The highest BCUT2D eigenvalue weighted by molar-refractivity contribution is 5.98. The maximum atomic E-state index is 15.4. The number of benzene rings is 2. The van der Waals surface area contributed by atoms with Crippen molar-refractivity contribution in [3.8, 4) is 5.82 Å². The van der Waals surface area contributed by atoms with Gasteiger partial charge in [0, 0.05) is 31.9 Å². The van der Waals surface area contributed by atoms with Gasteiger partial charge in [0.1, 0.15) is 23.7 Å². The van der Waals surface area contributed by atoms with E-state index in [1.165, 1.54) is 42.9 Å². The van der Waals surface area contributed by atoms with E-state index >= 15 is 4.39 Å². The number of rotatable bonds is 8. The number of carbonyl (C=O) groups is 2. The molecule has 2 atom stereocenters. The van der Waals surface area contributed by atoms with Crippen LogP contribution in [0.3, 0.4) is 0 Å². The van der Waals surface area contributed by atoms with Crippen LogP contribution in [0.15, 0.2) is 58.3 Å². The molecule has 3 heterocycles. The summed E-state index contributed by atoms with van der Waals surface area (Å²) in [5.41, 5.74) is 0.0929. The zero-order valence-electron chi connectivity index (χ0n) is 26.6. The summed E-state index contributed by atoms with van der Waals surface area (Å²) in [6.45, 7) is 4.03. The first-order chi connectivity index (χ1) is 22.7. The van der Waals surface area contributed by atoms with E-state index in [1.54, 1.807) is 25.1 Å². The van der Waals surface area contributed by atoms with Crippen molar-refractivity contribution in [3.05, 3.63) is 97.6 Å². The second kappa shape index (κ2) is 13.6. The largest absolute Gasteiger partial charge is 0.464 e. The lowest BCUT2D eigenvalue weighted by Crippen LogP contribution is -2.53. The van der Waals surface area contributed by atoms with Crippen molar-refractivity contribution < 1.29 is 36.6 Å². The molecule has 0 unspecified atom stereocenters. The number of nitrogens with zero attached hydrogens (tertiary/aromatic N) is 4. The topological polar surface area (TPSA) is 125 Å². The van der Waals surface area contributed by atoms with Gasteiger partial charge in [-0.25, -0.2) is 23.5 Å². The number of fused-ring (bicyclic) bond motifs is 1. The van der Waals surface area contributed by atoms with E-state index in [1.807, 2.05) is 6.92 Å². The van der Waals surface area contributed by atoms with Gasteiger partial charge in [-0.05, 0) is 62.2 Å². The fourth-order valence-corrected chi connectivity index (χ4v) is 5.71. The first kappa shape index (κ1) is 34.3. The summed E-state index contributed by atoms with van der Waals surface area (Å²) in [6.07, 6.45) is -3.44. The molecule has 2 aromatic carbocycles. The Hall–Kier alpha value is -5.05. The quantitative estimate of drug-likeness (QED) is 0.223. The van der Waals surface area contributed by atoms with Gasteiger partial charge in [-0.2, -0.15) is 13.2 Å². The second-order valence-corrected chi connectivity index (χ2v) is 11.5. The molecule has 1 fully saturated rings. The molecule has 0 bridgehead atoms. The summed E-state index contributed by atoms with van der Waals surface area (Å²) in [4.78, 5) is 57.8. The molecule has 0 saturated carbocycles. The van der Waals surface area contributed by atoms with E-state index in [-0.39, 0.29) is 43.2 Å². The average molecular weight is 672 g/mol. The number of anilines is 1. The molecule has 1 aliphatic rings. The Morgan fingerprint density at radius 1 is 1.12 bits per heavy atom. The molecule has 2 aromatic heterocycles. The first-order valence-corrected chi connectivity index (χ1v) is 15.1. The molecule has 254 valence electrons. The molecule has 0 spiro atoms. The number of aryl methyl sites for hydroxylation is 3. The average Bonchev–Trinajstić information content (AvgIpc) is 3.03. The Morgan fingerprint density at radius 3 is 2.52 bits per heavy atom. The van der Waals surface area contributed by atoms with E-state index in [0.29, 0.717) is 16.5 Å². The number of hydrogen-bond acceptors (Lipinski definition) is 8. The Morgan fingerprint density at radius 2 is 1.88 bits per heavy atom. The number of pyridine rings is 1. The van der Waals surface area contributed by atoms with Crippen LogP contribution in [0.2, 0.25) is 0 Å². The van der Waals surface area contributed by atoms with Gasteiger partial charge in [0.05, 0.1) is 36.3 Å². The lowest BCUT2D eigenvalue weighted by Gasteiger charge is -2.38. The Balaban J connectivity index is 1.40. The summed E-state index contributed by atoms with van der Waals surface area (Å²) in [5, 5.41) is 2.80. The van der Waals surface area contributed by atoms with Crippen LogP contribution in [-0.2, 0) is 27.7 Å².